The Morgan fingerprint density at radius 2 is 1.98 bits per heavy atom. The van der Waals surface area contributed by atoms with Gasteiger partial charge in [0.15, 0.2) is 6.29 Å². The van der Waals surface area contributed by atoms with E-state index in [9.17, 15) is 24.9 Å². The van der Waals surface area contributed by atoms with Crippen LogP contribution in [0.15, 0.2) is 42.6 Å². The molecule has 11 heteroatoms. The van der Waals surface area contributed by atoms with Crippen molar-refractivity contribution in [1.29, 1.82) is 0 Å². The summed E-state index contributed by atoms with van der Waals surface area (Å²) in [6.45, 7) is 15.4. The summed E-state index contributed by atoms with van der Waals surface area (Å²) >= 11 is 0. The van der Waals surface area contributed by atoms with E-state index < -0.39 is 55.2 Å². The van der Waals surface area contributed by atoms with Gasteiger partial charge in [-0.25, -0.2) is 0 Å². The van der Waals surface area contributed by atoms with Gasteiger partial charge in [-0.15, -0.1) is 6.58 Å². The number of hydrogen-bond donors (Lipinski definition) is 6. The zero-order valence-corrected chi connectivity index (χ0v) is 28.2. The van der Waals surface area contributed by atoms with Gasteiger partial charge in [-0.2, -0.15) is 0 Å². The lowest BCUT2D eigenvalue weighted by atomic mass is 9.77. The highest BCUT2D eigenvalue weighted by molar-refractivity contribution is 6.00. The fourth-order valence-corrected chi connectivity index (χ4v) is 6.84. The highest BCUT2D eigenvalue weighted by Gasteiger charge is 2.46. The molecular weight excluding hydrogens is 588 g/mol. The van der Waals surface area contributed by atoms with Crippen LogP contribution in [-0.2, 0) is 30.9 Å². The fourth-order valence-electron chi connectivity index (χ4n) is 6.84. The van der Waals surface area contributed by atoms with Crippen LogP contribution in [0.25, 0.3) is 10.9 Å². The third-order valence-corrected chi connectivity index (χ3v) is 9.40. The Kier molecular flexibility index (Phi) is 11.4. The Morgan fingerprint density at radius 1 is 1.26 bits per heavy atom. The molecule has 0 bridgehead atoms. The number of aromatic amines is 1. The number of nitrogens with one attached hydrogen (secondary N) is 3. The number of allylic oxidation sites excluding steroid dienone is 3. The molecule has 4 unspecified atom stereocenters. The second-order valence-electron chi connectivity index (χ2n) is 13.6. The van der Waals surface area contributed by atoms with Crippen LogP contribution >= 0.6 is 0 Å². The van der Waals surface area contributed by atoms with Gasteiger partial charge >= 0.3 is 0 Å². The molecule has 3 heterocycles. The lowest BCUT2D eigenvalue weighted by Gasteiger charge is -2.42. The monoisotopic (exact) mass is 640 g/mol. The standard InChI is InChI=1S/C35H52N4O7/c1-9-35(7,14-10-11-19(2)3)24-12-13-25-27-22(16-36-28(24)27)15-23(38-33(44)30(20(4)5)39(25)8)18-45-34-29(37-21(6)41)32(43)31(42)26(17-40)46-34/h9,11-13,16,20,23,26,29-32,34,36,40,42-43H,1,10,14-15,17-18H2,2-8H3,(H,37,41)(H,38,44)/t23?,26-,29-,30?,31-,32-,34?,35?/m1/s1. The third kappa shape index (κ3) is 7.34. The largest absolute Gasteiger partial charge is 0.394 e. The summed E-state index contributed by atoms with van der Waals surface area (Å²) in [7, 11) is 1.95. The zero-order valence-electron chi connectivity index (χ0n) is 28.2. The van der Waals surface area contributed by atoms with Crippen molar-refractivity contribution in [2.24, 2.45) is 5.92 Å². The van der Waals surface area contributed by atoms with Crippen LogP contribution in [-0.4, -0.2) is 95.1 Å². The first kappa shape index (κ1) is 35.6. The number of aliphatic hydroxyl groups excluding tert-OH is 3. The van der Waals surface area contributed by atoms with Crippen LogP contribution < -0.4 is 15.5 Å². The number of benzene rings is 1. The quantitative estimate of drug-likeness (QED) is 0.205. The molecule has 0 aliphatic carbocycles. The number of anilines is 1. The van der Waals surface area contributed by atoms with Gasteiger partial charge in [-0.05, 0) is 56.2 Å². The SMILES string of the molecule is C=CC(C)(CCC=C(C)C)c1ccc2c3c(c[nH]c13)CC(COC1O[C@H](CO)[C@@H](O)[C@H](O)[C@H]1NC(C)=O)NC(=O)C(C(C)C)N2C. The number of amides is 2. The Hall–Kier alpha value is -3.22. The van der Waals surface area contributed by atoms with Gasteiger partial charge in [0.05, 0.1) is 24.8 Å². The summed E-state index contributed by atoms with van der Waals surface area (Å²) in [6, 6.07) is 2.19. The maximum Gasteiger partial charge on any atom is 0.243 e. The van der Waals surface area contributed by atoms with Gasteiger partial charge in [-0.3, -0.25) is 9.59 Å². The third-order valence-electron chi connectivity index (χ3n) is 9.40. The van der Waals surface area contributed by atoms with Crippen LogP contribution in [0.4, 0.5) is 5.69 Å². The molecule has 1 aromatic carbocycles. The summed E-state index contributed by atoms with van der Waals surface area (Å²) in [6.07, 6.45) is 3.34. The Labute approximate surface area is 272 Å². The van der Waals surface area contributed by atoms with E-state index in [2.05, 4.69) is 61.2 Å². The molecule has 8 atom stereocenters. The van der Waals surface area contributed by atoms with Crippen molar-refractivity contribution in [2.75, 3.05) is 25.2 Å². The number of carbonyl (C=O) groups is 2. The molecule has 0 radical (unpaired) electrons. The molecule has 1 aromatic heterocycles. The number of aliphatic hydroxyl groups is 3. The molecule has 6 N–H and O–H groups in total. The minimum absolute atomic E-state index is 0.0166. The highest BCUT2D eigenvalue weighted by Crippen LogP contribution is 2.41. The van der Waals surface area contributed by atoms with Crippen LogP contribution in [0.1, 0.15) is 65.5 Å². The van der Waals surface area contributed by atoms with Crippen LogP contribution in [0.5, 0.6) is 0 Å². The molecule has 1 saturated heterocycles. The van der Waals surface area contributed by atoms with E-state index in [1.54, 1.807) is 0 Å². The first-order chi connectivity index (χ1) is 21.7. The van der Waals surface area contributed by atoms with Gasteiger partial charge in [0, 0.05) is 36.7 Å². The molecule has 2 amide bonds. The minimum Gasteiger partial charge on any atom is -0.394 e. The fraction of sp³-hybridized carbons (Fsp3) is 0.600. The van der Waals surface area contributed by atoms with E-state index in [1.807, 2.05) is 38.1 Å². The number of hydrogen-bond acceptors (Lipinski definition) is 8. The van der Waals surface area contributed by atoms with Crippen molar-refractivity contribution in [1.82, 2.24) is 15.6 Å². The number of H-pyrrole nitrogens is 1. The molecule has 254 valence electrons. The average Bonchev–Trinajstić information content (AvgIpc) is 3.42. The van der Waals surface area contributed by atoms with Gasteiger partial charge in [0.2, 0.25) is 11.8 Å². The molecule has 4 rings (SSSR count). The average molecular weight is 641 g/mol. The summed E-state index contributed by atoms with van der Waals surface area (Å²) in [5.74, 6) is -0.609. The van der Waals surface area contributed by atoms with Crippen molar-refractivity contribution in [3.63, 3.8) is 0 Å². The van der Waals surface area contributed by atoms with Gasteiger partial charge in [0.25, 0.3) is 0 Å². The Balaban J connectivity index is 1.73. The summed E-state index contributed by atoms with van der Waals surface area (Å²) in [5.41, 5.74) is 5.05. The van der Waals surface area contributed by atoms with Gasteiger partial charge < -0.3 is 45.3 Å². The van der Waals surface area contributed by atoms with E-state index in [4.69, 9.17) is 9.47 Å². The second-order valence-corrected chi connectivity index (χ2v) is 13.6. The number of ether oxygens (including phenoxy) is 2. The number of likely N-dealkylation sites (N-methyl/N-ethyl adjacent to an activating group) is 1. The molecular formula is C35H52N4O7. The van der Waals surface area contributed by atoms with E-state index in [0.29, 0.717) is 6.42 Å². The highest BCUT2D eigenvalue weighted by atomic mass is 16.7. The van der Waals surface area contributed by atoms with E-state index in [1.165, 1.54) is 12.5 Å². The van der Waals surface area contributed by atoms with Crippen LogP contribution in [0.2, 0.25) is 0 Å². The van der Waals surface area contributed by atoms with Gasteiger partial charge in [0.1, 0.15) is 30.4 Å². The number of rotatable bonds is 11. The second kappa shape index (κ2) is 14.7. The maximum absolute atomic E-state index is 13.8. The molecule has 0 saturated carbocycles. The number of carbonyl (C=O) groups excluding carboxylic acids is 2. The normalized spacial score (nSPS) is 28.1. The molecule has 2 aromatic rings. The molecule has 11 nitrogen and oxygen atoms in total. The summed E-state index contributed by atoms with van der Waals surface area (Å²) < 4.78 is 11.9. The zero-order chi connectivity index (χ0) is 33.9. The van der Waals surface area contributed by atoms with E-state index in [0.717, 1.165) is 40.6 Å². The van der Waals surface area contributed by atoms with Crippen LogP contribution in [0, 0.1) is 5.92 Å². The van der Waals surface area contributed by atoms with E-state index >= 15 is 0 Å². The van der Waals surface area contributed by atoms with Gasteiger partial charge in [-0.1, -0.05) is 44.6 Å². The predicted octanol–water partition coefficient (Wildman–Crippen LogP) is 2.82. The van der Waals surface area contributed by atoms with Crippen LogP contribution in [0.3, 0.4) is 0 Å². The molecule has 0 spiro atoms. The summed E-state index contributed by atoms with van der Waals surface area (Å²) in [5, 5.41) is 37.7. The first-order valence-corrected chi connectivity index (χ1v) is 16.2. The molecule has 2 aliphatic rings. The molecule has 1 fully saturated rings. The smallest absolute Gasteiger partial charge is 0.243 e. The summed E-state index contributed by atoms with van der Waals surface area (Å²) in [4.78, 5) is 31.4. The van der Waals surface area contributed by atoms with Crippen molar-refractivity contribution >= 4 is 28.4 Å². The molecule has 46 heavy (non-hydrogen) atoms. The molecule has 2 aliphatic heterocycles. The Morgan fingerprint density at radius 3 is 2.59 bits per heavy atom. The van der Waals surface area contributed by atoms with E-state index in [-0.39, 0.29) is 23.8 Å². The van der Waals surface area contributed by atoms with Crippen molar-refractivity contribution in [3.8, 4) is 0 Å². The lowest BCUT2D eigenvalue weighted by molar-refractivity contribution is -0.271. The van der Waals surface area contributed by atoms with Crippen molar-refractivity contribution in [3.05, 3.63) is 53.8 Å². The van der Waals surface area contributed by atoms with Crippen molar-refractivity contribution in [2.45, 2.75) is 109 Å². The lowest BCUT2D eigenvalue weighted by Crippen LogP contribution is -2.65. The number of nitrogens with zero attached hydrogens (tertiary/aromatic N) is 1. The predicted molar refractivity (Wildman–Crippen MR) is 178 cm³/mol. The maximum atomic E-state index is 13.8. The topological polar surface area (TPSA) is 156 Å². The first-order valence-electron chi connectivity index (χ1n) is 16.2. The number of aromatic nitrogens is 1. The Bertz CT molecular complexity index is 1430. The minimum atomic E-state index is -1.43. The van der Waals surface area contributed by atoms with Crippen molar-refractivity contribution < 1.29 is 34.4 Å².